The van der Waals surface area contributed by atoms with E-state index in [1.54, 1.807) is 43.3 Å². The Hall–Kier alpha value is -2.49. The number of carbonyl (C=O) groups excluding carboxylic acids is 2. The van der Waals surface area contributed by atoms with Crippen LogP contribution in [-0.4, -0.2) is 43.3 Å². The van der Waals surface area contributed by atoms with Crippen LogP contribution in [0.25, 0.3) is 0 Å². The van der Waals surface area contributed by atoms with E-state index in [-0.39, 0.29) is 27.2 Å². The molecule has 3 aromatic carbocycles. The van der Waals surface area contributed by atoms with Crippen LogP contribution < -0.4 is 9.62 Å². The number of anilines is 1. The number of amides is 2. The van der Waals surface area contributed by atoms with Crippen molar-refractivity contribution in [3.8, 4) is 0 Å². The molecule has 0 saturated carbocycles. The smallest absolute Gasteiger partial charge is 0.264 e. The lowest BCUT2D eigenvalue weighted by atomic mass is 10.1. The average Bonchev–Trinajstić information content (AvgIpc) is 2.85. The van der Waals surface area contributed by atoms with Crippen molar-refractivity contribution in [2.75, 3.05) is 10.8 Å². The summed E-state index contributed by atoms with van der Waals surface area (Å²) in [6.45, 7) is 6.17. The number of rotatable bonds is 9. The molecule has 0 bridgehead atoms. The summed E-state index contributed by atoms with van der Waals surface area (Å²) in [5, 5.41) is 3.81. The SMILES string of the molecule is CC(C(=O)NC(C)(C)C)N(Cc1c(Cl)cccc1Cl)C(=O)CN(c1cc(Cl)cc(Cl)c1)S(=O)(=O)c1ccccc1. The first-order valence-corrected chi connectivity index (χ1v) is 15.1. The summed E-state index contributed by atoms with van der Waals surface area (Å²) in [6.07, 6.45) is 0. The fourth-order valence-electron chi connectivity index (χ4n) is 3.84. The van der Waals surface area contributed by atoms with Crippen molar-refractivity contribution < 1.29 is 18.0 Å². The number of hydrogen-bond acceptors (Lipinski definition) is 4. The second-order valence-electron chi connectivity index (χ2n) is 10.1. The lowest BCUT2D eigenvalue weighted by Gasteiger charge is -2.34. The number of hydrogen-bond donors (Lipinski definition) is 1. The Bertz CT molecular complexity index is 1450. The first kappa shape index (κ1) is 32.0. The van der Waals surface area contributed by atoms with Crippen molar-refractivity contribution in [2.45, 2.75) is 50.7 Å². The topological polar surface area (TPSA) is 86.8 Å². The third-order valence-corrected chi connectivity index (χ3v) is 8.73. The number of nitrogens with one attached hydrogen (secondary N) is 1. The van der Waals surface area contributed by atoms with Crippen LogP contribution in [-0.2, 0) is 26.2 Å². The molecular formula is C28H29Cl4N3O4S. The van der Waals surface area contributed by atoms with E-state index >= 15 is 0 Å². The summed E-state index contributed by atoms with van der Waals surface area (Å²) >= 11 is 25.2. The molecule has 0 spiro atoms. The molecule has 0 radical (unpaired) electrons. The maximum atomic E-state index is 14.0. The number of carbonyl (C=O) groups is 2. The lowest BCUT2D eigenvalue weighted by molar-refractivity contribution is -0.140. The van der Waals surface area contributed by atoms with Gasteiger partial charge in [0, 0.05) is 37.7 Å². The van der Waals surface area contributed by atoms with Gasteiger partial charge in [-0.2, -0.15) is 0 Å². The summed E-state index contributed by atoms with van der Waals surface area (Å²) in [7, 11) is -4.26. The second-order valence-corrected chi connectivity index (χ2v) is 13.6. The predicted molar refractivity (Wildman–Crippen MR) is 162 cm³/mol. The second kappa shape index (κ2) is 13.0. The largest absolute Gasteiger partial charge is 0.350 e. The highest BCUT2D eigenvalue weighted by Gasteiger charge is 2.34. The fraction of sp³-hybridized carbons (Fsp3) is 0.286. The standard InChI is InChI=1S/C28H29Cl4N3O4S/c1-18(27(37)33-28(2,3)4)34(16-23-24(31)11-8-12-25(23)32)26(36)17-35(21-14-19(29)13-20(30)15-21)40(38,39)22-9-6-5-7-10-22/h5-15,18H,16-17H2,1-4H3,(H,33,37). The molecule has 0 saturated heterocycles. The molecule has 7 nitrogen and oxygen atoms in total. The van der Waals surface area contributed by atoms with Gasteiger partial charge in [-0.1, -0.05) is 70.7 Å². The van der Waals surface area contributed by atoms with Crippen LogP contribution in [0.3, 0.4) is 0 Å². The van der Waals surface area contributed by atoms with E-state index in [4.69, 9.17) is 46.4 Å². The van der Waals surface area contributed by atoms with E-state index in [0.29, 0.717) is 15.6 Å². The minimum Gasteiger partial charge on any atom is -0.350 e. The van der Waals surface area contributed by atoms with Crippen molar-refractivity contribution in [1.82, 2.24) is 10.2 Å². The molecule has 1 unspecified atom stereocenters. The zero-order valence-electron chi connectivity index (χ0n) is 22.3. The monoisotopic (exact) mass is 643 g/mol. The molecule has 0 aromatic heterocycles. The van der Waals surface area contributed by atoms with E-state index in [2.05, 4.69) is 5.32 Å². The Balaban J connectivity index is 2.10. The normalized spacial score (nSPS) is 12.5. The molecule has 40 heavy (non-hydrogen) atoms. The van der Waals surface area contributed by atoms with Gasteiger partial charge in [0.25, 0.3) is 10.0 Å². The highest BCUT2D eigenvalue weighted by Crippen LogP contribution is 2.31. The summed E-state index contributed by atoms with van der Waals surface area (Å²) in [6, 6.07) is 15.8. The van der Waals surface area contributed by atoms with Crippen molar-refractivity contribution in [2.24, 2.45) is 0 Å². The van der Waals surface area contributed by atoms with Gasteiger partial charge in [0.1, 0.15) is 12.6 Å². The summed E-state index contributed by atoms with van der Waals surface area (Å²) in [5.41, 5.74) is -0.0856. The van der Waals surface area contributed by atoms with Crippen molar-refractivity contribution in [3.63, 3.8) is 0 Å². The van der Waals surface area contributed by atoms with E-state index in [1.165, 1.54) is 35.2 Å². The molecule has 0 aliphatic rings. The van der Waals surface area contributed by atoms with Gasteiger partial charge >= 0.3 is 0 Å². The maximum absolute atomic E-state index is 14.0. The third-order valence-electron chi connectivity index (χ3n) is 5.80. The zero-order chi connectivity index (χ0) is 29.8. The van der Waals surface area contributed by atoms with Crippen LogP contribution in [0.1, 0.15) is 33.3 Å². The molecule has 12 heteroatoms. The quantitative estimate of drug-likeness (QED) is 0.277. The average molecular weight is 645 g/mol. The molecule has 214 valence electrons. The van der Waals surface area contributed by atoms with E-state index < -0.39 is 40.0 Å². The highest BCUT2D eigenvalue weighted by molar-refractivity contribution is 7.92. The highest BCUT2D eigenvalue weighted by atomic mass is 35.5. The fourth-order valence-corrected chi connectivity index (χ4v) is 6.29. The van der Waals surface area contributed by atoms with Crippen molar-refractivity contribution in [3.05, 3.63) is 92.4 Å². The van der Waals surface area contributed by atoms with Gasteiger partial charge < -0.3 is 10.2 Å². The molecule has 0 fully saturated rings. The Kier molecular flexibility index (Phi) is 10.4. The predicted octanol–water partition coefficient (Wildman–Crippen LogP) is 6.83. The van der Waals surface area contributed by atoms with Gasteiger partial charge in [-0.3, -0.25) is 13.9 Å². The Labute approximate surface area is 255 Å². The first-order valence-electron chi connectivity index (χ1n) is 12.2. The molecule has 1 N–H and O–H groups in total. The molecule has 3 aromatic rings. The van der Waals surface area contributed by atoms with Gasteiger partial charge in [-0.05, 0) is 70.2 Å². The zero-order valence-corrected chi connectivity index (χ0v) is 26.1. The van der Waals surface area contributed by atoms with Gasteiger partial charge in [-0.25, -0.2) is 8.42 Å². The molecule has 0 aliphatic carbocycles. The number of nitrogens with zero attached hydrogens (tertiary/aromatic N) is 2. The van der Waals surface area contributed by atoms with Crippen molar-refractivity contribution in [1.29, 1.82) is 0 Å². The van der Waals surface area contributed by atoms with Crippen LogP contribution in [0, 0.1) is 0 Å². The number of halogens is 4. The van der Waals surface area contributed by atoms with Crippen molar-refractivity contribution >= 4 is 73.9 Å². The molecule has 0 aliphatic heterocycles. The summed E-state index contributed by atoms with van der Waals surface area (Å²) in [4.78, 5) is 28.4. The summed E-state index contributed by atoms with van der Waals surface area (Å²) in [5.74, 6) is -1.12. The molecule has 0 heterocycles. The Morgan fingerprint density at radius 2 is 1.43 bits per heavy atom. The number of benzene rings is 3. The Morgan fingerprint density at radius 3 is 1.95 bits per heavy atom. The maximum Gasteiger partial charge on any atom is 0.264 e. The van der Waals surface area contributed by atoms with E-state index in [1.807, 2.05) is 20.8 Å². The van der Waals surface area contributed by atoms with Crippen LogP contribution in [0.4, 0.5) is 5.69 Å². The third kappa shape index (κ3) is 8.04. The minimum atomic E-state index is -4.26. The summed E-state index contributed by atoms with van der Waals surface area (Å²) < 4.78 is 28.6. The lowest BCUT2D eigenvalue weighted by Crippen LogP contribution is -2.54. The van der Waals surface area contributed by atoms with Crippen LogP contribution >= 0.6 is 46.4 Å². The molecular weight excluding hydrogens is 616 g/mol. The Morgan fingerprint density at radius 1 is 0.875 bits per heavy atom. The van der Waals surface area contributed by atoms with Crippen LogP contribution in [0.5, 0.6) is 0 Å². The van der Waals surface area contributed by atoms with Crippen LogP contribution in [0.15, 0.2) is 71.6 Å². The molecule has 1 atom stereocenters. The van der Waals surface area contributed by atoms with Crippen LogP contribution in [0.2, 0.25) is 20.1 Å². The first-order chi connectivity index (χ1) is 18.6. The van der Waals surface area contributed by atoms with E-state index in [0.717, 1.165) is 4.31 Å². The molecule has 2 amide bonds. The van der Waals surface area contributed by atoms with E-state index in [9.17, 15) is 18.0 Å². The van der Waals surface area contributed by atoms with Gasteiger partial charge in [0.15, 0.2) is 0 Å². The minimum absolute atomic E-state index is 0.0434. The van der Waals surface area contributed by atoms with Gasteiger partial charge in [-0.15, -0.1) is 0 Å². The van der Waals surface area contributed by atoms with Gasteiger partial charge in [0.05, 0.1) is 10.6 Å². The number of sulfonamides is 1. The molecule has 3 rings (SSSR count). The van der Waals surface area contributed by atoms with Gasteiger partial charge in [0.2, 0.25) is 11.8 Å².